The van der Waals surface area contributed by atoms with E-state index < -0.39 is 25.3 Å². The molecule has 1 N–H and O–H groups in total. The van der Waals surface area contributed by atoms with Crippen molar-refractivity contribution < 1.29 is 27.4 Å². The highest BCUT2D eigenvalue weighted by atomic mass is 19.4. The topological polar surface area (TPSA) is 44.8 Å². The summed E-state index contributed by atoms with van der Waals surface area (Å²) < 4.78 is 45.1. The van der Waals surface area contributed by atoms with Crippen molar-refractivity contribution >= 4 is 24.3 Å². The monoisotopic (exact) mass is 374 g/mol. The molecule has 4 nitrogen and oxygen atoms in total. The molecule has 2 aliphatic rings. The third kappa shape index (κ3) is 3.09. The zero-order chi connectivity index (χ0) is 19.2. The molecular formula is C19H18BF3N2O2. The summed E-state index contributed by atoms with van der Waals surface area (Å²) >= 11 is 0. The van der Waals surface area contributed by atoms with Crippen LogP contribution in [0.2, 0.25) is 0 Å². The van der Waals surface area contributed by atoms with E-state index >= 15 is 0 Å². The average Bonchev–Trinajstić information content (AvgIpc) is 3.15. The number of hydrogen-bond acceptors (Lipinski definition) is 3. The van der Waals surface area contributed by atoms with Gasteiger partial charge >= 0.3 is 7.18 Å². The molecule has 4 rings (SSSR count). The lowest BCUT2D eigenvalue weighted by molar-refractivity contribution is -0.440. The first-order valence-electron chi connectivity index (χ1n) is 8.85. The van der Waals surface area contributed by atoms with E-state index in [-0.39, 0.29) is 6.42 Å². The van der Waals surface area contributed by atoms with Crippen LogP contribution in [0.1, 0.15) is 30.4 Å². The maximum atomic E-state index is 13.0. The zero-order valence-corrected chi connectivity index (χ0v) is 14.6. The van der Waals surface area contributed by atoms with Crippen molar-refractivity contribution in [2.45, 2.75) is 31.5 Å². The van der Waals surface area contributed by atoms with Crippen LogP contribution < -0.4 is 0 Å². The maximum absolute atomic E-state index is 13.0. The second kappa shape index (κ2) is 6.62. The van der Waals surface area contributed by atoms with Crippen LogP contribution in [0.5, 0.6) is 0 Å². The van der Waals surface area contributed by atoms with E-state index in [0.717, 1.165) is 5.56 Å². The summed E-state index contributed by atoms with van der Waals surface area (Å²) in [7, 11) is -5.42. The molecule has 0 radical (unpaired) electrons. The summed E-state index contributed by atoms with van der Waals surface area (Å²) in [5.41, 5.74) is 2.95. The highest BCUT2D eigenvalue weighted by Crippen LogP contribution is 2.43. The lowest BCUT2D eigenvalue weighted by Gasteiger charge is -2.29. The van der Waals surface area contributed by atoms with Crippen LogP contribution in [-0.2, 0) is 4.65 Å². The number of hydrazone groups is 1. The van der Waals surface area contributed by atoms with Crippen LogP contribution in [0.15, 0.2) is 59.7 Å². The van der Waals surface area contributed by atoms with E-state index in [1.807, 2.05) is 30.3 Å². The molecule has 27 heavy (non-hydrogen) atoms. The summed E-state index contributed by atoms with van der Waals surface area (Å²) in [5, 5.41) is 15.5. The number of rotatable bonds is 5. The van der Waals surface area contributed by atoms with Crippen molar-refractivity contribution in [1.82, 2.24) is 0 Å². The number of nitrogens with zero attached hydrogens (tertiary/aromatic N) is 2. The van der Waals surface area contributed by atoms with Crippen LogP contribution >= 0.6 is 0 Å². The number of halogens is 3. The van der Waals surface area contributed by atoms with E-state index in [0.29, 0.717) is 22.7 Å². The Morgan fingerprint density at radius 2 is 1.78 bits per heavy atom. The minimum Gasteiger partial charge on any atom is -0.505 e. The van der Waals surface area contributed by atoms with Crippen molar-refractivity contribution in [1.29, 1.82) is 0 Å². The van der Waals surface area contributed by atoms with Crippen molar-refractivity contribution in [2.75, 3.05) is 0 Å². The molecule has 8 heteroatoms. The van der Waals surface area contributed by atoms with E-state index in [4.69, 9.17) is 0 Å². The van der Waals surface area contributed by atoms with Gasteiger partial charge in [-0.25, -0.2) is 0 Å². The number of benzene rings is 2. The van der Waals surface area contributed by atoms with Crippen LogP contribution in [0.25, 0.3) is 0 Å². The molecule has 2 aromatic carbocycles. The van der Waals surface area contributed by atoms with Crippen molar-refractivity contribution in [3.8, 4) is 0 Å². The SMILES string of the molecule is CCC(O[B-](F)(F)F)C1C2=[N+](N=C(c3ccccc3)C2O)c2ccccc21. The molecule has 2 aliphatic heterocycles. The van der Waals surface area contributed by atoms with Gasteiger partial charge in [0.25, 0.3) is 0 Å². The second-order valence-electron chi connectivity index (χ2n) is 6.62. The van der Waals surface area contributed by atoms with Crippen LogP contribution in [0.3, 0.4) is 0 Å². The van der Waals surface area contributed by atoms with Gasteiger partial charge in [0.2, 0.25) is 11.4 Å². The Kier molecular flexibility index (Phi) is 4.40. The molecule has 0 aromatic heterocycles. The molecule has 2 heterocycles. The molecule has 0 saturated heterocycles. The molecule has 3 unspecified atom stereocenters. The highest BCUT2D eigenvalue weighted by Gasteiger charge is 2.53. The second-order valence-corrected chi connectivity index (χ2v) is 6.62. The Balaban J connectivity index is 1.79. The fraction of sp³-hybridized carbons (Fsp3) is 0.263. The summed E-state index contributed by atoms with van der Waals surface area (Å²) in [6, 6.07) is 16.3. The first-order chi connectivity index (χ1) is 12.9. The van der Waals surface area contributed by atoms with E-state index in [2.05, 4.69) is 9.76 Å². The molecule has 0 amide bonds. The molecule has 0 saturated carbocycles. The molecule has 2 aromatic rings. The molecule has 0 aliphatic carbocycles. The highest BCUT2D eigenvalue weighted by molar-refractivity contribution is 6.51. The summed E-state index contributed by atoms with van der Waals surface area (Å²) in [5.74, 6) is -0.713. The smallest absolute Gasteiger partial charge is 0.505 e. The van der Waals surface area contributed by atoms with Crippen molar-refractivity contribution in [3.05, 3.63) is 65.7 Å². The van der Waals surface area contributed by atoms with Gasteiger partial charge in [0, 0.05) is 28.4 Å². The molecule has 140 valence electrons. The maximum Gasteiger partial charge on any atom is 0.637 e. The van der Waals surface area contributed by atoms with Gasteiger partial charge in [-0.2, -0.15) is 0 Å². The predicted octanol–water partition coefficient (Wildman–Crippen LogP) is 3.79. The number of hydrogen-bond donors (Lipinski definition) is 1. The standard InChI is InChI=1S/C19H18BF3N2O2/c1-2-15(27-20(21,22)23)16-13-10-6-7-11-14(13)25-18(16)19(26)17(24-25)12-8-4-3-5-9-12/h3-11,15-16,19,26H,2H2,1H3. The Hall–Kier alpha value is -2.45. The van der Waals surface area contributed by atoms with Crippen LogP contribution in [-0.4, -0.2) is 40.6 Å². The van der Waals surface area contributed by atoms with Gasteiger partial charge in [-0.3, -0.25) is 0 Å². The summed E-state index contributed by atoms with van der Waals surface area (Å²) in [6.45, 7) is 1.65. The molecule has 0 spiro atoms. The molecule has 0 bridgehead atoms. The Labute approximate surface area is 154 Å². The number of fused-ring (bicyclic) bond motifs is 2. The van der Waals surface area contributed by atoms with E-state index in [1.54, 1.807) is 35.9 Å². The van der Waals surface area contributed by atoms with Gasteiger partial charge < -0.3 is 22.7 Å². The fourth-order valence-corrected chi connectivity index (χ4v) is 3.90. The van der Waals surface area contributed by atoms with Crippen LogP contribution in [0, 0.1) is 0 Å². The molecular weight excluding hydrogens is 356 g/mol. The summed E-state index contributed by atoms with van der Waals surface area (Å²) in [6.07, 6.45) is -2.06. The van der Waals surface area contributed by atoms with Crippen LogP contribution in [0.4, 0.5) is 18.6 Å². The zero-order valence-electron chi connectivity index (χ0n) is 14.6. The molecule has 0 fully saturated rings. The van der Waals surface area contributed by atoms with Gasteiger partial charge in [0.15, 0.2) is 11.8 Å². The molecule has 3 atom stereocenters. The Morgan fingerprint density at radius 1 is 1.11 bits per heavy atom. The number of para-hydroxylation sites is 1. The summed E-state index contributed by atoms with van der Waals surface area (Å²) in [4.78, 5) is 0. The lowest BCUT2D eigenvalue weighted by atomic mass is 9.84. The first kappa shape index (κ1) is 17.9. The number of aliphatic hydroxyl groups is 1. The van der Waals surface area contributed by atoms with E-state index in [1.165, 1.54) is 0 Å². The third-order valence-corrected chi connectivity index (χ3v) is 4.98. The Bertz CT molecular complexity index is 928. The predicted molar refractivity (Wildman–Crippen MR) is 97.3 cm³/mol. The van der Waals surface area contributed by atoms with Gasteiger partial charge in [0.1, 0.15) is 0 Å². The van der Waals surface area contributed by atoms with Gasteiger partial charge in [-0.1, -0.05) is 55.5 Å². The van der Waals surface area contributed by atoms with Gasteiger partial charge in [0.05, 0.1) is 5.92 Å². The fourth-order valence-electron chi connectivity index (χ4n) is 3.90. The third-order valence-electron chi connectivity index (χ3n) is 4.98. The average molecular weight is 374 g/mol. The van der Waals surface area contributed by atoms with E-state index in [9.17, 15) is 18.1 Å². The minimum atomic E-state index is -5.42. The normalized spacial score (nSPS) is 22.5. The number of aliphatic hydroxyl groups excluding tert-OH is 1. The van der Waals surface area contributed by atoms with Crippen molar-refractivity contribution in [3.63, 3.8) is 0 Å². The minimum absolute atomic E-state index is 0.158. The Morgan fingerprint density at radius 3 is 2.44 bits per heavy atom. The lowest BCUT2D eigenvalue weighted by Crippen LogP contribution is -2.40. The largest absolute Gasteiger partial charge is 0.637 e. The van der Waals surface area contributed by atoms with Gasteiger partial charge in [-0.15, -0.1) is 0 Å². The van der Waals surface area contributed by atoms with Gasteiger partial charge in [-0.05, 0) is 11.1 Å². The first-order valence-corrected chi connectivity index (χ1v) is 8.85. The quantitative estimate of drug-likeness (QED) is 0.640. The van der Waals surface area contributed by atoms with Crippen molar-refractivity contribution in [2.24, 2.45) is 5.10 Å².